The predicted molar refractivity (Wildman–Crippen MR) is 68.4 cm³/mol. The van der Waals surface area contributed by atoms with Gasteiger partial charge in [0.1, 0.15) is 0 Å². The first-order valence-electron chi connectivity index (χ1n) is 6.39. The van der Waals surface area contributed by atoms with Crippen molar-refractivity contribution in [2.24, 2.45) is 7.05 Å². The number of nitrogens with one attached hydrogen (secondary N) is 1. The summed E-state index contributed by atoms with van der Waals surface area (Å²) in [6, 6.07) is 0.662. The maximum atomic E-state index is 4.26. The van der Waals surface area contributed by atoms with Crippen molar-refractivity contribution in [3.8, 4) is 0 Å². The van der Waals surface area contributed by atoms with Crippen LogP contribution >= 0.6 is 0 Å². The molecule has 0 bridgehead atoms. The molecule has 0 saturated carbocycles. The molecule has 0 aliphatic rings. The number of aromatic nitrogens is 2. The summed E-state index contributed by atoms with van der Waals surface area (Å²) in [4.78, 5) is 0. The fraction of sp³-hybridized carbons (Fsp3) is 0.769. The van der Waals surface area contributed by atoms with Gasteiger partial charge in [-0.2, -0.15) is 5.10 Å². The predicted octanol–water partition coefficient (Wildman–Crippen LogP) is 2.79. The van der Waals surface area contributed by atoms with Crippen molar-refractivity contribution in [2.45, 2.75) is 59.0 Å². The second-order valence-corrected chi connectivity index (χ2v) is 4.53. The van der Waals surface area contributed by atoms with Crippen molar-refractivity contribution in [2.75, 3.05) is 0 Å². The van der Waals surface area contributed by atoms with Crippen LogP contribution in [0.3, 0.4) is 0 Å². The molecular formula is C13H25N3. The summed E-state index contributed by atoms with van der Waals surface area (Å²) < 4.78 is 1.94. The maximum Gasteiger partial charge on any atom is 0.0537 e. The molecule has 1 rings (SSSR count). The lowest BCUT2D eigenvalue weighted by atomic mass is 10.1. The highest BCUT2D eigenvalue weighted by atomic mass is 15.3. The number of hydrogen-bond donors (Lipinski definition) is 1. The van der Waals surface area contributed by atoms with E-state index in [1.165, 1.54) is 36.9 Å². The Bertz CT molecular complexity index is 298. The van der Waals surface area contributed by atoms with Gasteiger partial charge in [0.2, 0.25) is 0 Å². The molecule has 0 radical (unpaired) electrons. The van der Waals surface area contributed by atoms with Gasteiger partial charge in [0.05, 0.1) is 6.20 Å². The molecule has 0 amide bonds. The molecule has 3 heteroatoms. The zero-order chi connectivity index (χ0) is 12.0. The minimum atomic E-state index is 0.662. The average molecular weight is 223 g/mol. The Labute approximate surface area is 99.2 Å². The van der Waals surface area contributed by atoms with E-state index in [-0.39, 0.29) is 0 Å². The lowest BCUT2D eigenvalue weighted by Gasteiger charge is -2.17. The van der Waals surface area contributed by atoms with Crippen LogP contribution in [0.1, 0.15) is 50.8 Å². The molecular weight excluding hydrogens is 198 g/mol. The lowest BCUT2D eigenvalue weighted by Crippen LogP contribution is -2.28. The molecule has 1 aromatic rings. The van der Waals surface area contributed by atoms with Crippen LogP contribution in [-0.4, -0.2) is 15.8 Å². The van der Waals surface area contributed by atoms with Crippen LogP contribution in [0.2, 0.25) is 0 Å². The molecule has 0 aliphatic heterocycles. The van der Waals surface area contributed by atoms with Crippen LogP contribution < -0.4 is 5.32 Å². The third kappa shape index (κ3) is 3.63. The summed E-state index contributed by atoms with van der Waals surface area (Å²) >= 11 is 0. The largest absolute Gasteiger partial charge is 0.310 e. The zero-order valence-electron chi connectivity index (χ0n) is 11.1. The second kappa shape index (κ2) is 6.69. The molecule has 0 atom stereocenters. The van der Waals surface area contributed by atoms with Crippen molar-refractivity contribution >= 4 is 0 Å². The monoisotopic (exact) mass is 223 g/mol. The molecule has 92 valence electrons. The molecule has 0 unspecified atom stereocenters. The first kappa shape index (κ1) is 13.2. The van der Waals surface area contributed by atoms with E-state index in [9.17, 15) is 0 Å². The van der Waals surface area contributed by atoms with Crippen molar-refractivity contribution in [1.29, 1.82) is 0 Å². The standard InChI is InChI=1S/C13H25N3/c1-5-7-13(8-6-2)14-9-12-10-15-16(4)11(12)3/h10,13-14H,5-9H2,1-4H3. The maximum absolute atomic E-state index is 4.26. The summed E-state index contributed by atoms with van der Waals surface area (Å²) in [6.45, 7) is 7.57. The van der Waals surface area contributed by atoms with Gasteiger partial charge in [-0.3, -0.25) is 4.68 Å². The van der Waals surface area contributed by atoms with E-state index < -0.39 is 0 Å². The first-order chi connectivity index (χ1) is 7.69. The Morgan fingerprint density at radius 1 is 1.31 bits per heavy atom. The third-order valence-corrected chi connectivity index (χ3v) is 3.19. The van der Waals surface area contributed by atoms with Gasteiger partial charge in [0.15, 0.2) is 0 Å². The van der Waals surface area contributed by atoms with E-state index in [0.29, 0.717) is 6.04 Å². The number of nitrogens with zero attached hydrogens (tertiary/aromatic N) is 2. The van der Waals surface area contributed by atoms with E-state index in [1.807, 2.05) is 17.9 Å². The topological polar surface area (TPSA) is 29.9 Å². The van der Waals surface area contributed by atoms with E-state index in [4.69, 9.17) is 0 Å². The van der Waals surface area contributed by atoms with Gasteiger partial charge in [-0.1, -0.05) is 26.7 Å². The van der Waals surface area contributed by atoms with E-state index in [0.717, 1.165) is 6.54 Å². The highest BCUT2D eigenvalue weighted by molar-refractivity contribution is 5.15. The fourth-order valence-corrected chi connectivity index (χ4v) is 2.02. The van der Waals surface area contributed by atoms with E-state index in [1.54, 1.807) is 0 Å². The van der Waals surface area contributed by atoms with Crippen LogP contribution in [0, 0.1) is 6.92 Å². The second-order valence-electron chi connectivity index (χ2n) is 4.53. The Balaban J connectivity index is 2.45. The average Bonchev–Trinajstić information content (AvgIpc) is 2.58. The van der Waals surface area contributed by atoms with Gasteiger partial charge < -0.3 is 5.32 Å². The normalized spacial score (nSPS) is 11.3. The fourth-order valence-electron chi connectivity index (χ4n) is 2.02. The Morgan fingerprint density at radius 3 is 2.38 bits per heavy atom. The van der Waals surface area contributed by atoms with Gasteiger partial charge in [0.25, 0.3) is 0 Å². The highest BCUT2D eigenvalue weighted by Gasteiger charge is 2.08. The smallest absolute Gasteiger partial charge is 0.0537 e. The van der Waals surface area contributed by atoms with Crippen LogP contribution in [-0.2, 0) is 13.6 Å². The highest BCUT2D eigenvalue weighted by Crippen LogP contribution is 2.09. The van der Waals surface area contributed by atoms with Crippen LogP contribution in [0.5, 0.6) is 0 Å². The molecule has 0 fully saturated rings. The molecule has 1 heterocycles. The van der Waals surface area contributed by atoms with Crippen molar-refractivity contribution in [3.05, 3.63) is 17.5 Å². The lowest BCUT2D eigenvalue weighted by molar-refractivity contribution is 0.442. The Hall–Kier alpha value is -0.830. The van der Waals surface area contributed by atoms with Crippen LogP contribution in [0.15, 0.2) is 6.20 Å². The Morgan fingerprint density at radius 2 is 1.94 bits per heavy atom. The number of hydrogen-bond acceptors (Lipinski definition) is 2. The SMILES string of the molecule is CCCC(CCC)NCc1cnn(C)c1C. The van der Waals surface area contributed by atoms with Crippen LogP contribution in [0.25, 0.3) is 0 Å². The summed E-state index contributed by atoms with van der Waals surface area (Å²) in [6.07, 6.45) is 7.02. The third-order valence-electron chi connectivity index (χ3n) is 3.19. The molecule has 16 heavy (non-hydrogen) atoms. The van der Waals surface area contributed by atoms with Gasteiger partial charge in [0, 0.05) is 30.9 Å². The molecule has 0 spiro atoms. The van der Waals surface area contributed by atoms with Crippen LogP contribution in [0.4, 0.5) is 0 Å². The molecule has 0 aliphatic carbocycles. The summed E-state index contributed by atoms with van der Waals surface area (Å²) in [5, 5.41) is 7.90. The minimum Gasteiger partial charge on any atom is -0.310 e. The first-order valence-corrected chi connectivity index (χ1v) is 6.39. The molecule has 1 N–H and O–H groups in total. The molecule has 1 aromatic heterocycles. The quantitative estimate of drug-likeness (QED) is 0.770. The van der Waals surface area contributed by atoms with Gasteiger partial charge in [-0.25, -0.2) is 0 Å². The number of aryl methyl sites for hydroxylation is 1. The van der Waals surface area contributed by atoms with Crippen molar-refractivity contribution in [1.82, 2.24) is 15.1 Å². The molecule has 0 saturated heterocycles. The van der Waals surface area contributed by atoms with Gasteiger partial charge in [-0.05, 0) is 19.8 Å². The molecule has 0 aromatic carbocycles. The van der Waals surface area contributed by atoms with E-state index >= 15 is 0 Å². The summed E-state index contributed by atoms with van der Waals surface area (Å²) in [5.74, 6) is 0. The Kier molecular flexibility index (Phi) is 5.53. The zero-order valence-corrected chi connectivity index (χ0v) is 11.1. The molecule has 3 nitrogen and oxygen atoms in total. The van der Waals surface area contributed by atoms with Crippen molar-refractivity contribution in [3.63, 3.8) is 0 Å². The van der Waals surface area contributed by atoms with Crippen molar-refractivity contribution < 1.29 is 0 Å². The summed E-state index contributed by atoms with van der Waals surface area (Å²) in [7, 11) is 1.99. The minimum absolute atomic E-state index is 0.662. The van der Waals surface area contributed by atoms with Gasteiger partial charge >= 0.3 is 0 Å². The number of rotatable bonds is 7. The van der Waals surface area contributed by atoms with Gasteiger partial charge in [-0.15, -0.1) is 0 Å². The summed E-state index contributed by atoms with van der Waals surface area (Å²) in [5.41, 5.74) is 2.58. The van der Waals surface area contributed by atoms with E-state index in [2.05, 4.69) is 31.2 Å².